The number of alkyl halides is 2. The minimum absolute atomic E-state index is 0.135. The van der Waals surface area contributed by atoms with Gasteiger partial charge in [0, 0.05) is 12.7 Å². The number of nitrogens with zero attached hydrogens (tertiary/aromatic N) is 2. The molecule has 0 spiro atoms. The maximum atomic E-state index is 13.7. The van der Waals surface area contributed by atoms with Crippen molar-refractivity contribution in [3.8, 4) is 11.8 Å². The van der Waals surface area contributed by atoms with Gasteiger partial charge in [0.1, 0.15) is 11.6 Å². The molecule has 0 amide bonds. The third-order valence-corrected chi connectivity index (χ3v) is 2.88. The van der Waals surface area contributed by atoms with Gasteiger partial charge in [0.2, 0.25) is 11.2 Å². The predicted octanol–water partition coefficient (Wildman–Crippen LogP) is 2.77. The zero-order valence-corrected chi connectivity index (χ0v) is 10.7. The van der Waals surface area contributed by atoms with Crippen molar-refractivity contribution in [1.29, 1.82) is 5.26 Å². The van der Waals surface area contributed by atoms with Crippen LogP contribution in [0.25, 0.3) is 10.9 Å². The number of aryl methyl sites for hydroxylation is 1. The van der Waals surface area contributed by atoms with Crippen LogP contribution in [0.4, 0.5) is 17.6 Å². The van der Waals surface area contributed by atoms with Crippen molar-refractivity contribution in [1.82, 2.24) is 4.57 Å². The summed E-state index contributed by atoms with van der Waals surface area (Å²) in [5, 5.41) is 8.46. The summed E-state index contributed by atoms with van der Waals surface area (Å²) < 4.78 is 57.2. The Morgan fingerprint density at radius 1 is 1.43 bits per heavy atom. The van der Waals surface area contributed by atoms with Gasteiger partial charge in [-0.2, -0.15) is 18.4 Å². The number of nitriles is 1. The van der Waals surface area contributed by atoms with Gasteiger partial charge in [-0.3, -0.25) is 4.79 Å². The summed E-state index contributed by atoms with van der Waals surface area (Å²) in [7, 11) is 0. The van der Waals surface area contributed by atoms with Crippen LogP contribution in [0.5, 0.6) is 5.75 Å². The lowest BCUT2D eigenvalue weighted by Crippen LogP contribution is -2.16. The second-order valence-electron chi connectivity index (χ2n) is 4.05. The molecule has 0 atom stereocenters. The topological polar surface area (TPSA) is 55.0 Å². The smallest absolute Gasteiger partial charge is 0.387 e. The summed E-state index contributed by atoms with van der Waals surface area (Å²) in [6, 6.07) is 2.19. The summed E-state index contributed by atoms with van der Waals surface area (Å²) in [6.45, 7) is -1.67. The Morgan fingerprint density at radius 2 is 2.10 bits per heavy atom. The van der Waals surface area contributed by atoms with Gasteiger partial charge in [0.25, 0.3) is 0 Å². The first-order chi connectivity index (χ1) is 9.90. The normalized spacial score (nSPS) is 10.9. The molecular weight excluding hydrogens is 292 g/mol. The number of hydrogen-bond donors (Lipinski definition) is 0. The maximum Gasteiger partial charge on any atom is 0.387 e. The molecule has 4 nitrogen and oxygen atoms in total. The van der Waals surface area contributed by atoms with E-state index in [4.69, 9.17) is 5.26 Å². The molecule has 0 bridgehead atoms. The molecule has 0 aliphatic carbocycles. The van der Waals surface area contributed by atoms with Crippen molar-refractivity contribution in [3.05, 3.63) is 39.7 Å². The second-order valence-corrected chi connectivity index (χ2v) is 4.05. The molecule has 21 heavy (non-hydrogen) atoms. The largest absolute Gasteiger partial charge is 0.429 e. The summed E-state index contributed by atoms with van der Waals surface area (Å²) in [5.74, 6) is -4.18. The van der Waals surface area contributed by atoms with E-state index in [2.05, 4.69) is 4.74 Å². The fraction of sp³-hybridized carbons (Fsp3) is 0.231. The van der Waals surface area contributed by atoms with Crippen molar-refractivity contribution in [2.45, 2.75) is 20.1 Å². The Morgan fingerprint density at radius 3 is 2.62 bits per heavy atom. The number of halogens is 4. The Labute approximate surface area is 115 Å². The highest BCUT2D eigenvalue weighted by atomic mass is 19.3. The van der Waals surface area contributed by atoms with Gasteiger partial charge in [-0.1, -0.05) is 0 Å². The molecule has 0 aliphatic heterocycles. The van der Waals surface area contributed by atoms with E-state index in [0.29, 0.717) is 6.07 Å². The van der Waals surface area contributed by atoms with Crippen LogP contribution in [0, 0.1) is 23.0 Å². The third-order valence-electron chi connectivity index (χ3n) is 2.88. The molecule has 2 aromatic rings. The third kappa shape index (κ3) is 2.42. The standard InChI is InChI=1S/C13H8F4N2O2/c1-2-19-5-6(4-18)11(20)7-3-8(14)9(15)12(10(7)19)21-13(16)17/h3,5,13H,2H2,1H3. The molecule has 0 unspecified atom stereocenters. The summed E-state index contributed by atoms with van der Waals surface area (Å²) in [5.41, 5.74) is -1.51. The fourth-order valence-electron chi connectivity index (χ4n) is 2.00. The van der Waals surface area contributed by atoms with Crippen LogP contribution in [-0.4, -0.2) is 11.2 Å². The van der Waals surface area contributed by atoms with E-state index in [1.54, 1.807) is 13.0 Å². The van der Waals surface area contributed by atoms with Gasteiger partial charge in [-0.05, 0) is 13.0 Å². The Balaban J connectivity index is 3.01. The highest BCUT2D eigenvalue weighted by Crippen LogP contribution is 2.31. The number of rotatable bonds is 3. The van der Waals surface area contributed by atoms with Crippen molar-refractivity contribution >= 4 is 10.9 Å². The van der Waals surface area contributed by atoms with E-state index in [0.717, 1.165) is 6.20 Å². The maximum absolute atomic E-state index is 13.7. The zero-order chi connectivity index (χ0) is 15.7. The van der Waals surface area contributed by atoms with Crippen LogP contribution < -0.4 is 10.2 Å². The van der Waals surface area contributed by atoms with Gasteiger partial charge in [0.05, 0.1) is 10.9 Å². The van der Waals surface area contributed by atoms with Gasteiger partial charge in [-0.25, -0.2) is 4.39 Å². The molecule has 8 heteroatoms. The molecular formula is C13H8F4N2O2. The van der Waals surface area contributed by atoms with Crippen LogP contribution >= 0.6 is 0 Å². The van der Waals surface area contributed by atoms with E-state index in [-0.39, 0.29) is 17.6 Å². The molecule has 0 aliphatic rings. The van der Waals surface area contributed by atoms with E-state index in [1.807, 2.05) is 0 Å². The van der Waals surface area contributed by atoms with Crippen molar-refractivity contribution in [3.63, 3.8) is 0 Å². The minimum atomic E-state index is -3.39. The molecule has 1 aromatic carbocycles. The molecule has 0 saturated heterocycles. The average Bonchev–Trinajstić information content (AvgIpc) is 2.44. The molecule has 0 N–H and O–H groups in total. The van der Waals surface area contributed by atoms with Crippen molar-refractivity contribution < 1.29 is 22.3 Å². The first kappa shape index (κ1) is 14.8. The Hall–Kier alpha value is -2.56. The van der Waals surface area contributed by atoms with Gasteiger partial charge < -0.3 is 9.30 Å². The molecule has 2 rings (SSSR count). The zero-order valence-electron chi connectivity index (χ0n) is 10.7. The van der Waals surface area contributed by atoms with E-state index in [1.165, 1.54) is 4.57 Å². The van der Waals surface area contributed by atoms with Crippen LogP contribution in [0.15, 0.2) is 17.1 Å². The molecule has 0 radical (unpaired) electrons. The lowest BCUT2D eigenvalue weighted by atomic mass is 10.1. The monoisotopic (exact) mass is 300 g/mol. The number of ether oxygens (including phenoxy) is 1. The lowest BCUT2D eigenvalue weighted by Gasteiger charge is -2.15. The molecule has 1 aromatic heterocycles. The quantitative estimate of drug-likeness (QED) is 0.819. The SMILES string of the molecule is CCn1cc(C#N)c(=O)c2cc(F)c(F)c(OC(F)F)c21. The Bertz CT molecular complexity index is 809. The lowest BCUT2D eigenvalue weighted by molar-refractivity contribution is -0.0516. The highest BCUT2D eigenvalue weighted by molar-refractivity contribution is 5.86. The highest BCUT2D eigenvalue weighted by Gasteiger charge is 2.23. The van der Waals surface area contributed by atoms with E-state index >= 15 is 0 Å². The van der Waals surface area contributed by atoms with Crippen LogP contribution in [0.1, 0.15) is 12.5 Å². The predicted molar refractivity (Wildman–Crippen MR) is 65.1 cm³/mol. The van der Waals surface area contributed by atoms with Crippen molar-refractivity contribution in [2.75, 3.05) is 0 Å². The molecule has 110 valence electrons. The minimum Gasteiger partial charge on any atom is -0.429 e. The number of hydrogen-bond acceptors (Lipinski definition) is 3. The number of aromatic nitrogens is 1. The summed E-state index contributed by atoms with van der Waals surface area (Å²) >= 11 is 0. The van der Waals surface area contributed by atoms with Crippen LogP contribution in [-0.2, 0) is 6.54 Å². The second kappa shape index (κ2) is 5.44. The molecule has 0 fully saturated rings. The number of fused-ring (bicyclic) bond motifs is 1. The number of benzene rings is 1. The number of pyridine rings is 1. The van der Waals surface area contributed by atoms with Gasteiger partial charge in [-0.15, -0.1) is 0 Å². The van der Waals surface area contributed by atoms with E-state index in [9.17, 15) is 22.4 Å². The Kier molecular flexibility index (Phi) is 3.84. The van der Waals surface area contributed by atoms with E-state index < -0.39 is 34.8 Å². The average molecular weight is 300 g/mol. The van der Waals surface area contributed by atoms with Crippen LogP contribution in [0.2, 0.25) is 0 Å². The van der Waals surface area contributed by atoms with Crippen LogP contribution in [0.3, 0.4) is 0 Å². The molecule has 1 heterocycles. The van der Waals surface area contributed by atoms with Gasteiger partial charge >= 0.3 is 6.61 Å². The first-order valence-electron chi connectivity index (χ1n) is 5.80. The first-order valence-corrected chi connectivity index (χ1v) is 5.80. The van der Waals surface area contributed by atoms with Crippen molar-refractivity contribution in [2.24, 2.45) is 0 Å². The molecule has 0 saturated carbocycles. The fourth-order valence-corrected chi connectivity index (χ4v) is 2.00. The summed E-state index contributed by atoms with van der Waals surface area (Å²) in [4.78, 5) is 12.0. The van der Waals surface area contributed by atoms with Gasteiger partial charge in [0.15, 0.2) is 11.6 Å². The summed E-state index contributed by atoms with van der Waals surface area (Å²) in [6.07, 6.45) is 1.08.